The predicted molar refractivity (Wildman–Crippen MR) is 115 cm³/mol. The molecule has 154 valence electrons. The van der Waals surface area contributed by atoms with Crippen molar-refractivity contribution in [1.29, 1.82) is 0 Å². The molecule has 0 aliphatic carbocycles. The Morgan fingerprint density at radius 3 is 2.54 bits per heavy atom. The molecule has 0 saturated heterocycles. The third kappa shape index (κ3) is 5.57. The summed E-state index contributed by atoms with van der Waals surface area (Å²) in [7, 11) is 0. The van der Waals surface area contributed by atoms with E-state index in [1.807, 2.05) is 20.8 Å². The average molecular weight is 425 g/mol. The zero-order valence-corrected chi connectivity index (χ0v) is 18.8. The van der Waals surface area contributed by atoms with E-state index in [-0.39, 0.29) is 11.6 Å². The van der Waals surface area contributed by atoms with Gasteiger partial charge in [-0.25, -0.2) is 9.78 Å². The highest BCUT2D eigenvalue weighted by molar-refractivity contribution is 8.00. The Morgan fingerprint density at radius 2 is 1.93 bits per heavy atom. The summed E-state index contributed by atoms with van der Waals surface area (Å²) < 4.78 is 0. The number of urea groups is 1. The lowest BCUT2D eigenvalue weighted by atomic mass is 9.98. The highest BCUT2D eigenvalue weighted by Crippen LogP contribution is 2.31. The Bertz CT molecular complexity index is 920. The fraction of sp³-hybridized carbons (Fsp3) is 0.579. The van der Waals surface area contributed by atoms with Crippen molar-refractivity contribution in [3.63, 3.8) is 0 Å². The third-order valence-corrected chi connectivity index (χ3v) is 6.43. The molecule has 2 aromatic heterocycles. The van der Waals surface area contributed by atoms with Crippen LogP contribution in [0, 0.1) is 12.8 Å². The summed E-state index contributed by atoms with van der Waals surface area (Å²) in [5.74, 6) is 0.0522. The molecule has 0 unspecified atom stereocenters. The van der Waals surface area contributed by atoms with Crippen LogP contribution in [0.1, 0.15) is 51.5 Å². The second-order valence-electron chi connectivity index (χ2n) is 7.28. The van der Waals surface area contributed by atoms with Crippen LogP contribution in [-0.4, -0.2) is 33.2 Å². The summed E-state index contributed by atoms with van der Waals surface area (Å²) in [6.07, 6.45) is 1.90. The number of amides is 3. The van der Waals surface area contributed by atoms with E-state index in [0.717, 1.165) is 35.0 Å². The first kappa shape index (κ1) is 22.4. The molecule has 0 spiro atoms. The van der Waals surface area contributed by atoms with Gasteiger partial charge in [0.25, 0.3) is 5.56 Å². The van der Waals surface area contributed by atoms with Crippen molar-refractivity contribution in [2.45, 2.75) is 70.8 Å². The standard InChI is InChI=1S/C19H28N4O3S2/c1-7-10(4)8-13-11(5)27-17-14(13)16(25)22-19(23-17)28-12(6)15(24)21-18(26)20-9(2)3/h9-10,12H,7-8H2,1-6H3,(H,22,23,25)(H2,20,21,24,26)/t10-,12-/m1/s1. The van der Waals surface area contributed by atoms with Gasteiger partial charge in [-0.05, 0) is 45.6 Å². The van der Waals surface area contributed by atoms with Crippen molar-refractivity contribution in [3.8, 4) is 0 Å². The molecule has 0 radical (unpaired) electrons. The topological polar surface area (TPSA) is 104 Å². The zero-order chi connectivity index (χ0) is 21.0. The van der Waals surface area contributed by atoms with Crippen molar-refractivity contribution in [2.75, 3.05) is 0 Å². The Kier molecular flexibility index (Phi) is 7.65. The lowest BCUT2D eigenvalue weighted by molar-refractivity contribution is -0.119. The number of rotatable bonds is 7. The van der Waals surface area contributed by atoms with Crippen LogP contribution in [0.2, 0.25) is 0 Å². The number of imide groups is 1. The van der Waals surface area contributed by atoms with Crippen LogP contribution in [0.25, 0.3) is 10.2 Å². The molecule has 3 N–H and O–H groups in total. The number of H-pyrrole nitrogens is 1. The number of aromatic nitrogens is 2. The molecule has 9 heteroatoms. The molecule has 2 heterocycles. The van der Waals surface area contributed by atoms with Crippen molar-refractivity contribution in [3.05, 3.63) is 20.8 Å². The number of aromatic amines is 1. The molecule has 2 rings (SSSR count). The molecular weight excluding hydrogens is 396 g/mol. The van der Waals surface area contributed by atoms with Gasteiger partial charge in [-0.15, -0.1) is 11.3 Å². The number of thiophene rings is 1. The van der Waals surface area contributed by atoms with Crippen molar-refractivity contribution < 1.29 is 9.59 Å². The van der Waals surface area contributed by atoms with E-state index in [1.54, 1.807) is 6.92 Å². The van der Waals surface area contributed by atoms with E-state index in [9.17, 15) is 14.4 Å². The molecule has 0 aromatic carbocycles. The van der Waals surface area contributed by atoms with Crippen molar-refractivity contribution >= 4 is 45.3 Å². The first-order chi connectivity index (χ1) is 13.1. The molecule has 0 aliphatic heterocycles. The summed E-state index contributed by atoms with van der Waals surface area (Å²) in [5.41, 5.74) is 0.885. The Labute approximate surface area is 173 Å². The second-order valence-corrected chi connectivity index (χ2v) is 9.82. The van der Waals surface area contributed by atoms with Crippen LogP contribution in [0.15, 0.2) is 9.95 Å². The number of nitrogens with zero attached hydrogens (tertiary/aromatic N) is 1. The molecule has 0 bridgehead atoms. The van der Waals surface area contributed by atoms with Crippen LogP contribution in [0.4, 0.5) is 4.79 Å². The Balaban J connectivity index is 2.19. The normalized spacial score (nSPS) is 13.5. The van der Waals surface area contributed by atoms with Crippen LogP contribution >= 0.6 is 23.1 Å². The predicted octanol–water partition coefficient (Wildman–Crippen LogP) is 3.60. The fourth-order valence-electron chi connectivity index (χ4n) is 2.68. The van der Waals surface area contributed by atoms with E-state index < -0.39 is 17.2 Å². The molecule has 3 amide bonds. The van der Waals surface area contributed by atoms with Gasteiger partial charge in [0.15, 0.2) is 5.16 Å². The first-order valence-corrected chi connectivity index (χ1v) is 11.1. The van der Waals surface area contributed by atoms with Gasteiger partial charge in [0.2, 0.25) is 5.91 Å². The van der Waals surface area contributed by atoms with Gasteiger partial charge in [0.05, 0.1) is 10.6 Å². The summed E-state index contributed by atoms with van der Waals surface area (Å²) in [5, 5.41) is 5.35. The highest BCUT2D eigenvalue weighted by Gasteiger charge is 2.21. The van der Waals surface area contributed by atoms with Gasteiger partial charge in [0, 0.05) is 10.9 Å². The van der Waals surface area contributed by atoms with Gasteiger partial charge in [-0.3, -0.25) is 14.9 Å². The summed E-state index contributed by atoms with van der Waals surface area (Å²) in [4.78, 5) is 45.7. The zero-order valence-electron chi connectivity index (χ0n) is 17.1. The van der Waals surface area contributed by atoms with E-state index in [0.29, 0.717) is 21.3 Å². The molecule has 0 fully saturated rings. The number of nitrogens with one attached hydrogen (secondary N) is 3. The van der Waals surface area contributed by atoms with E-state index >= 15 is 0 Å². The molecule has 2 aromatic rings. The second kappa shape index (κ2) is 9.56. The molecule has 28 heavy (non-hydrogen) atoms. The van der Waals surface area contributed by atoms with Gasteiger partial charge in [-0.1, -0.05) is 32.0 Å². The van der Waals surface area contributed by atoms with E-state index in [1.165, 1.54) is 11.3 Å². The Morgan fingerprint density at radius 1 is 1.25 bits per heavy atom. The quantitative estimate of drug-likeness (QED) is 0.465. The van der Waals surface area contributed by atoms with Crippen molar-refractivity contribution in [2.24, 2.45) is 5.92 Å². The summed E-state index contributed by atoms with van der Waals surface area (Å²) in [6, 6.07) is -0.601. The van der Waals surface area contributed by atoms with Crippen molar-refractivity contribution in [1.82, 2.24) is 20.6 Å². The van der Waals surface area contributed by atoms with Crippen LogP contribution < -0.4 is 16.2 Å². The maximum Gasteiger partial charge on any atom is 0.321 e. The molecule has 7 nitrogen and oxygen atoms in total. The monoisotopic (exact) mass is 424 g/mol. The minimum atomic E-state index is -0.584. The highest BCUT2D eigenvalue weighted by atomic mass is 32.2. The SMILES string of the molecule is CC[C@@H](C)Cc1c(C)sc2nc(S[C@H](C)C(=O)NC(=O)NC(C)C)[nH]c(=O)c12. The number of carbonyl (C=O) groups excluding carboxylic acids is 2. The van der Waals surface area contributed by atoms with Gasteiger partial charge in [-0.2, -0.15) is 0 Å². The fourth-order valence-corrected chi connectivity index (χ4v) is 4.59. The number of thioether (sulfide) groups is 1. The minimum absolute atomic E-state index is 0.0668. The van der Waals surface area contributed by atoms with E-state index in [4.69, 9.17) is 0 Å². The van der Waals surface area contributed by atoms with Crippen LogP contribution in [0.5, 0.6) is 0 Å². The number of fused-ring (bicyclic) bond motifs is 1. The lowest BCUT2D eigenvalue weighted by Gasteiger charge is -2.13. The summed E-state index contributed by atoms with van der Waals surface area (Å²) >= 11 is 2.63. The number of carbonyl (C=O) groups is 2. The molecular formula is C19H28N4O3S2. The average Bonchev–Trinajstić information content (AvgIpc) is 2.89. The number of hydrogen-bond acceptors (Lipinski definition) is 6. The van der Waals surface area contributed by atoms with E-state index in [2.05, 4.69) is 34.4 Å². The van der Waals surface area contributed by atoms with Gasteiger partial charge < -0.3 is 10.3 Å². The largest absolute Gasteiger partial charge is 0.336 e. The molecule has 2 atom stereocenters. The molecule has 0 saturated carbocycles. The number of aryl methyl sites for hydroxylation is 1. The maximum atomic E-state index is 12.7. The minimum Gasteiger partial charge on any atom is -0.336 e. The molecule has 0 aliphatic rings. The summed E-state index contributed by atoms with van der Waals surface area (Å²) in [6.45, 7) is 11.6. The van der Waals surface area contributed by atoms with Crippen LogP contribution in [0.3, 0.4) is 0 Å². The van der Waals surface area contributed by atoms with Gasteiger partial charge >= 0.3 is 6.03 Å². The maximum absolute atomic E-state index is 12.7. The first-order valence-electron chi connectivity index (χ1n) is 9.42. The number of hydrogen-bond donors (Lipinski definition) is 3. The lowest BCUT2D eigenvalue weighted by Crippen LogP contribution is -2.45. The smallest absolute Gasteiger partial charge is 0.321 e. The van der Waals surface area contributed by atoms with Crippen LogP contribution in [-0.2, 0) is 11.2 Å². The third-order valence-electron chi connectivity index (χ3n) is 4.40. The Hall–Kier alpha value is -1.87. The van der Waals surface area contributed by atoms with Gasteiger partial charge in [0.1, 0.15) is 4.83 Å².